The predicted molar refractivity (Wildman–Crippen MR) is 86.7 cm³/mol. The molecule has 1 atom stereocenters. The third kappa shape index (κ3) is 2.54. The highest BCUT2D eigenvalue weighted by atomic mass is 32.1. The Balaban J connectivity index is 1.90. The van der Waals surface area contributed by atoms with Gasteiger partial charge in [0.25, 0.3) is 0 Å². The highest BCUT2D eigenvalue weighted by Crippen LogP contribution is 2.32. The van der Waals surface area contributed by atoms with E-state index in [1.807, 2.05) is 18.2 Å². The maximum absolute atomic E-state index is 5.59. The number of benzene rings is 2. The lowest BCUT2D eigenvalue weighted by atomic mass is 9.93. The largest absolute Gasteiger partial charge is 0.497 e. The number of anilines is 1. The fourth-order valence-electron chi connectivity index (χ4n) is 2.68. The van der Waals surface area contributed by atoms with E-state index < -0.39 is 0 Å². The van der Waals surface area contributed by atoms with Gasteiger partial charge < -0.3 is 10.1 Å². The van der Waals surface area contributed by atoms with Crippen LogP contribution in [0.3, 0.4) is 0 Å². The molecule has 0 saturated carbocycles. The van der Waals surface area contributed by atoms with Crippen molar-refractivity contribution < 1.29 is 4.74 Å². The summed E-state index contributed by atoms with van der Waals surface area (Å²) >= 11 is 5.59. The van der Waals surface area contributed by atoms with E-state index in [2.05, 4.69) is 35.6 Å². The van der Waals surface area contributed by atoms with Crippen LogP contribution in [0.1, 0.15) is 23.5 Å². The molecule has 0 spiro atoms. The zero-order valence-electron chi connectivity index (χ0n) is 11.4. The lowest BCUT2D eigenvalue weighted by Gasteiger charge is -2.16. The van der Waals surface area contributed by atoms with Gasteiger partial charge in [0.05, 0.1) is 12.1 Å². The minimum Gasteiger partial charge on any atom is -0.497 e. The zero-order valence-corrected chi connectivity index (χ0v) is 12.2. The van der Waals surface area contributed by atoms with Crippen LogP contribution in [0.5, 0.6) is 5.75 Å². The maximum atomic E-state index is 5.59. The van der Waals surface area contributed by atoms with Crippen molar-refractivity contribution in [1.29, 1.82) is 0 Å². The molecule has 1 aliphatic rings. The molecule has 0 amide bonds. The Morgan fingerprint density at radius 2 is 1.95 bits per heavy atom. The standard InChI is InChI=1S/C17H17NOS/c1-19-14-8-10-16-13(11-14)7-9-15(17(20)18-16)12-5-3-2-4-6-12/h2-6,8,10-11,15H,7,9H2,1H3,(H,18,20)/t15-/m0/s1. The van der Waals surface area contributed by atoms with Gasteiger partial charge in [0.15, 0.2) is 0 Å². The number of methoxy groups -OCH3 is 1. The van der Waals surface area contributed by atoms with Crippen molar-refractivity contribution in [2.45, 2.75) is 18.8 Å². The molecular formula is C17H17NOS. The monoisotopic (exact) mass is 283 g/mol. The Kier molecular flexibility index (Phi) is 3.70. The van der Waals surface area contributed by atoms with E-state index in [1.54, 1.807) is 7.11 Å². The van der Waals surface area contributed by atoms with Gasteiger partial charge in [-0.15, -0.1) is 0 Å². The second-order valence-electron chi connectivity index (χ2n) is 5.01. The molecule has 2 aromatic carbocycles. The first-order chi connectivity index (χ1) is 9.78. The molecule has 1 aliphatic heterocycles. The highest BCUT2D eigenvalue weighted by Gasteiger charge is 2.22. The third-order valence-electron chi connectivity index (χ3n) is 3.79. The van der Waals surface area contributed by atoms with Crippen molar-refractivity contribution in [2.24, 2.45) is 0 Å². The van der Waals surface area contributed by atoms with Crippen LogP contribution in [0, 0.1) is 0 Å². The first-order valence-corrected chi connectivity index (χ1v) is 7.21. The second-order valence-corrected chi connectivity index (χ2v) is 5.45. The lowest BCUT2D eigenvalue weighted by Crippen LogP contribution is -2.17. The lowest BCUT2D eigenvalue weighted by molar-refractivity contribution is 0.414. The Morgan fingerprint density at radius 1 is 1.15 bits per heavy atom. The van der Waals surface area contributed by atoms with E-state index in [1.165, 1.54) is 11.1 Å². The average Bonchev–Trinajstić information content (AvgIpc) is 2.65. The number of ether oxygens (including phenoxy) is 1. The van der Waals surface area contributed by atoms with Gasteiger partial charge in [0.2, 0.25) is 0 Å². The van der Waals surface area contributed by atoms with Gasteiger partial charge in [-0.3, -0.25) is 0 Å². The van der Waals surface area contributed by atoms with E-state index in [0.29, 0.717) is 0 Å². The van der Waals surface area contributed by atoms with E-state index in [-0.39, 0.29) is 5.92 Å². The molecule has 0 unspecified atom stereocenters. The van der Waals surface area contributed by atoms with Gasteiger partial charge >= 0.3 is 0 Å². The molecule has 3 rings (SSSR count). The quantitative estimate of drug-likeness (QED) is 0.836. The van der Waals surface area contributed by atoms with E-state index in [4.69, 9.17) is 17.0 Å². The topological polar surface area (TPSA) is 21.3 Å². The van der Waals surface area contributed by atoms with Crippen molar-refractivity contribution in [2.75, 3.05) is 12.4 Å². The molecule has 102 valence electrons. The predicted octanol–water partition coefficient (Wildman–Crippen LogP) is 4.16. The minimum atomic E-state index is 0.282. The average molecular weight is 283 g/mol. The van der Waals surface area contributed by atoms with Crippen LogP contribution in [0.4, 0.5) is 5.69 Å². The zero-order chi connectivity index (χ0) is 13.9. The SMILES string of the molecule is COc1ccc2c(c1)CC[C@@H](c1ccccc1)C(=S)N2. The molecule has 0 aromatic heterocycles. The van der Waals surface area contributed by atoms with Gasteiger partial charge in [0, 0.05) is 11.6 Å². The molecule has 1 N–H and O–H groups in total. The highest BCUT2D eigenvalue weighted by molar-refractivity contribution is 7.80. The summed E-state index contributed by atoms with van der Waals surface area (Å²) in [5, 5.41) is 3.40. The Labute approximate surface area is 124 Å². The summed E-state index contributed by atoms with van der Waals surface area (Å²) in [7, 11) is 1.70. The molecule has 0 radical (unpaired) electrons. The van der Waals surface area contributed by atoms with Crippen LogP contribution >= 0.6 is 12.2 Å². The van der Waals surface area contributed by atoms with E-state index in [9.17, 15) is 0 Å². The van der Waals surface area contributed by atoms with Crippen LogP contribution in [0.15, 0.2) is 48.5 Å². The molecule has 2 aromatic rings. The first-order valence-electron chi connectivity index (χ1n) is 6.80. The van der Waals surface area contributed by atoms with Crippen LogP contribution in [0.2, 0.25) is 0 Å². The van der Waals surface area contributed by atoms with Gasteiger partial charge in [-0.05, 0) is 42.2 Å². The number of fused-ring (bicyclic) bond motifs is 1. The van der Waals surface area contributed by atoms with Gasteiger partial charge in [-0.2, -0.15) is 0 Å². The summed E-state index contributed by atoms with van der Waals surface area (Å²) in [6.07, 6.45) is 2.02. The Bertz CT molecular complexity index is 624. The number of aryl methyl sites for hydroxylation is 1. The van der Waals surface area contributed by atoms with E-state index in [0.717, 1.165) is 29.3 Å². The van der Waals surface area contributed by atoms with Crippen LogP contribution < -0.4 is 10.1 Å². The fourth-order valence-corrected chi connectivity index (χ4v) is 3.04. The number of hydrogen-bond donors (Lipinski definition) is 1. The summed E-state index contributed by atoms with van der Waals surface area (Å²) in [6.45, 7) is 0. The van der Waals surface area contributed by atoms with Gasteiger partial charge in [-0.25, -0.2) is 0 Å². The summed E-state index contributed by atoms with van der Waals surface area (Å²) < 4.78 is 5.30. The maximum Gasteiger partial charge on any atom is 0.119 e. The molecule has 0 fully saturated rings. The van der Waals surface area contributed by atoms with E-state index >= 15 is 0 Å². The number of nitrogens with one attached hydrogen (secondary N) is 1. The molecule has 0 bridgehead atoms. The summed E-state index contributed by atoms with van der Waals surface area (Å²) in [5.41, 5.74) is 3.66. The van der Waals surface area contributed by atoms with Crippen molar-refractivity contribution >= 4 is 22.9 Å². The third-order valence-corrected chi connectivity index (χ3v) is 4.18. The van der Waals surface area contributed by atoms with Crippen LogP contribution in [-0.2, 0) is 6.42 Å². The van der Waals surface area contributed by atoms with Crippen molar-refractivity contribution in [3.05, 3.63) is 59.7 Å². The second kappa shape index (κ2) is 5.63. The molecule has 0 aliphatic carbocycles. The normalized spacial score (nSPS) is 17.9. The number of hydrogen-bond acceptors (Lipinski definition) is 2. The number of thiocarbonyl (C=S) groups is 1. The summed E-state index contributed by atoms with van der Waals surface area (Å²) in [5.74, 6) is 1.18. The van der Waals surface area contributed by atoms with Crippen molar-refractivity contribution in [3.8, 4) is 5.75 Å². The number of rotatable bonds is 2. The summed E-state index contributed by atoms with van der Waals surface area (Å²) in [6, 6.07) is 16.6. The minimum absolute atomic E-state index is 0.282. The molecule has 2 nitrogen and oxygen atoms in total. The Hall–Kier alpha value is -1.87. The van der Waals surface area contributed by atoms with Gasteiger partial charge in [-0.1, -0.05) is 42.5 Å². The molecule has 0 saturated heterocycles. The molecule has 3 heteroatoms. The molecule has 20 heavy (non-hydrogen) atoms. The summed E-state index contributed by atoms with van der Waals surface area (Å²) in [4.78, 5) is 0.903. The smallest absolute Gasteiger partial charge is 0.119 e. The molecule has 1 heterocycles. The fraction of sp³-hybridized carbons (Fsp3) is 0.235. The first kappa shape index (κ1) is 13.1. The van der Waals surface area contributed by atoms with Crippen molar-refractivity contribution in [3.63, 3.8) is 0 Å². The van der Waals surface area contributed by atoms with Crippen molar-refractivity contribution in [1.82, 2.24) is 0 Å². The Morgan fingerprint density at radius 3 is 2.70 bits per heavy atom. The van der Waals surface area contributed by atoms with Gasteiger partial charge in [0.1, 0.15) is 5.75 Å². The van der Waals surface area contributed by atoms with Crippen LogP contribution in [0.25, 0.3) is 0 Å². The van der Waals surface area contributed by atoms with Crippen LogP contribution in [-0.4, -0.2) is 12.1 Å². The molecular weight excluding hydrogens is 266 g/mol.